The lowest BCUT2D eigenvalue weighted by atomic mass is 10.1. The third-order valence-electron chi connectivity index (χ3n) is 5.07. The Bertz CT molecular complexity index is 776. The number of aliphatic imine (C=N–C) groups is 1. The van der Waals surface area contributed by atoms with Gasteiger partial charge in [0.25, 0.3) is 0 Å². The largest absolute Gasteiger partial charge is 0.491 e. The normalized spacial score (nSPS) is 17.1. The highest BCUT2D eigenvalue weighted by atomic mass is 16.5. The Hall–Kier alpha value is -2.31. The van der Waals surface area contributed by atoms with Gasteiger partial charge >= 0.3 is 0 Å². The Kier molecular flexibility index (Phi) is 8.58. The second-order valence-corrected chi connectivity index (χ2v) is 7.23. The molecule has 0 aliphatic carbocycles. The van der Waals surface area contributed by atoms with Crippen molar-refractivity contribution in [2.45, 2.75) is 13.3 Å². The average Bonchev–Trinajstić information content (AvgIpc) is 3.22. The van der Waals surface area contributed by atoms with E-state index in [0.29, 0.717) is 32.3 Å². The maximum atomic E-state index is 6.02. The quantitative estimate of drug-likeness (QED) is 0.378. The number of hydrogen-bond acceptors (Lipinski definition) is 4. The molecule has 0 radical (unpaired) electrons. The van der Waals surface area contributed by atoms with Gasteiger partial charge in [-0.15, -0.1) is 0 Å². The minimum absolute atomic E-state index is 0.544. The summed E-state index contributed by atoms with van der Waals surface area (Å²) in [6.45, 7) is 8.21. The molecular weight excluding hydrogens is 366 g/mol. The van der Waals surface area contributed by atoms with Crippen molar-refractivity contribution < 1.29 is 14.2 Å². The first-order valence-electron chi connectivity index (χ1n) is 10.5. The van der Waals surface area contributed by atoms with Crippen LogP contribution < -0.4 is 10.1 Å². The summed E-state index contributed by atoms with van der Waals surface area (Å²) in [6.07, 6.45) is 1.13. The standard InChI is InChI=1S/C23H33N3O3/c1-3-24-23(26-13-11-19(17-26)18-28-16-15-27-2)25-12-14-29-22-10-6-8-20-7-4-5-9-21(20)22/h4-10,19H,3,11-18H2,1-2H3,(H,24,25). The fourth-order valence-electron chi connectivity index (χ4n) is 3.61. The van der Waals surface area contributed by atoms with E-state index in [2.05, 4.69) is 35.3 Å². The fourth-order valence-corrected chi connectivity index (χ4v) is 3.61. The van der Waals surface area contributed by atoms with Crippen LogP contribution in [0.2, 0.25) is 0 Å². The molecule has 0 saturated carbocycles. The van der Waals surface area contributed by atoms with Gasteiger partial charge in [0.15, 0.2) is 5.96 Å². The van der Waals surface area contributed by atoms with Crippen LogP contribution in [-0.4, -0.2) is 70.6 Å². The van der Waals surface area contributed by atoms with Crippen molar-refractivity contribution in [3.05, 3.63) is 42.5 Å². The van der Waals surface area contributed by atoms with Gasteiger partial charge in [0.05, 0.1) is 26.4 Å². The van der Waals surface area contributed by atoms with Gasteiger partial charge in [0.2, 0.25) is 0 Å². The Morgan fingerprint density at radius 3 is 2.86 bits per heavy atom. The SMILES string of the molecule is CCNC(=NCCOc1cccc2ccccc12)N1CCC(COCCOC)C1. The minimum Gasteiger partial charge on any atom is -0.491 e. The predicted octanol–water partition coefficient (Wildman–Crippen LogP) is 3.17. The number of benzene rings is 2. The van der Waals surface area contributed by atoms with Gasteiger partial charge < -0.3 is 24.4 Å². The summed E-state index contributed by atoms with van der Waals surface area (Å²) >= 11 is 0. The second kappa shape index (κ2) is 11.6. The molecule has 158 valence electrons. The van der Waals surface area contributed by atoms with E-state index in [1.165, 1.54) is 5.39 Å². The Balaban J connectivity index is 1.49. The van der Waals surface area contributed by atoms with Crippen molar-refractivity contribution in [1.82, 2.24) is 10.2 Å². The second-order valence-electron chi connectivity index (χ2n) is 7.23. The number of methoxy groups -OCH3 is 1. The molecule has 3 rings (SSSR count). The van der Waals surface area contributed by atoms with Crippen LogP contribution >= 0.6 is 0 Å². The molecule has 29 heavy (non-hydrogen) atoms. The van der Waals surface area contributed by atoms with Gasteiger partial charge in [-0.2, -0.15) is 0 Å². The fraction of sp³-hybridized carbons (Fsp3) is 0.522. The van der Waals surface area contributed by atoms with E-state index < -0.39 is 0 Å². The van der Waals surface area contributed by atoms with Crippen LogP contribution in [0.4, 0.5) is 0 Å². The molecule has 2 aromatic carbocycles. The molecule has 1 aliphatic heterocycles. The maximum Gasteiger partial charge on any atom is 0.194 e. The van der Waals surface area contributed by atoms with Crippen molar-refractivity contribution in [3.8, 4) is 5.75 Å². The highest BCUT2D eigenvalue weighted by Gasteiger charge is 2.24. The van der Waals surface area contributed by atoms with Crippen LogP contribution in [0.1, 0.15) is 13.3 Å². The molecule has 1 aliphatic rings. The van der Waals surface area contributed by atoms with Crippen molar-refractivity contribution >= 4 is 16.7 Å². The van der Waals surface area contributed by atoms with Crippen LogP contribution in [0.25, 0.3) is 10.8 Å². The number of hydrogen-bond donors (Lipinski definition) is 1. The smallest absolute Gasteiger partial charge is 0.194 e. The van der Waals surface area contributed by atoms with Crippen molar-refractivity contribution in [2.24, 2.45) is 10.9 Å². The zero-order valence-corrected chi connectivity index (χ0v) is 17.6. The maximum absolute atomic E-state index is 6.02. The van der Waals surface area contributed by atoms with Crippen LogP contribution in [0.5, 0.6) is 5.75 Å². The summed E-state index contributed by atoms with van der Waals surface area (Å²) in [5.41, 5.74) is 0. The first-order chi connectivity index (χ1) is 14.3. The minimum atomic E-state index is 0.544. The highest BCUT2D eigenvalue weighted by Crippen LogP contribution is 2.25. The zero-order valence-electron chi connectivity index (χ0n) is 17.6. The summed E-state index contributed by atoms with van der Waals surface area (Å²) in [6, 6.07) is 14.4. The molecule has 1 saturated heterocycles. The van der Waals surface area contributed by atoms with Crippen molar-refractivity contribution in [2.75, 3.05) is 59.7 Å². The molecule has 1 N–H and O–H groups in total. The van der Waals surface area contributed by atoms with E-state index in [1.54, 1.807) is 7.11 Å². The van der Waals surface area contributed by atoms with Crippen LogP contribution in [0.3, 0.4) is 0 Å². The van der Waals surface area contributed by atoms with Gasteiger partial charge in [-0.3, -0.25) is 0 Å². The number of fused-ring (bicyclic) bond motifs is 1. The van der Waals surface area contributed by atoms with E-state index >= 15 is 0 Å². The molecule has 0 spiro atoms. The average molecular weight is 400 g/mol. The molecule has 1 heterocycles. The van der Waals surface area contributed by atoms with Crippen molar-refractivity contribution in [1.29, 1.82) is 0 Å². The van der Waals surface area contributed by atoms with Crippen LogP contribution in [0, 0.1) is 5.92 Å². The van der Waals surface area contributed by atoms with Crippen LogP contribution in [-0.2, 0) is 9.47 Å². The lowest BCUT2D eigenvalue weighted by molar-refractivity contribution is 0.0536. The molecule has 0 amide bonds. The lowest BCUT2D eigenvalue weighted by Gasteiger charge is -2.21. The summed E-state index contributed by atoms with van der Waals surface area (Å²) in [4.78, 5) is 7.11. The first-order valence-corrected chi connectivity index (χ1v) is 10.5. The van der Waals surface area contributed by atoms with Gasteiger partial charge in [-0.05, 0) is 24.8 Å². The van der Waals surface area contributed by atoms with E-state index in [4.69, 9.17) is 19.2 Å². The summed E-state index contributed by atoms with van der Waals surface area (Å²) in [5, 5.41) is 5.74. The molecule has 0 bridgehead atoms. The monoisotopic (exact) mass is 399 g/mol. The lowest BCUT2D eigenvalue weighted by Crippen LogP contribution is -2.40. The molecule has 2 aromatic rings. The Morgan fingerprint density at radius 2 is 2.00 bits per heavy atom. The molecule has 1 unspecified atom stereocenters. The van der Waals surface area contributed by atoms with Crippen molar-refractivity contribution in [3.63, 3.8) is 0 Å². The molecule has 1 fully saturated rings. The number of rotatable bonds is 10. The van der Waals surface area contributed by atoms with E-state index in [-0.39, 0.29) is 0 Å². The summed E-state index contributed by atoms with van der Waals surface area (Å²) in [5.74, 6) is 2.42. The van der Waals surface area contributed by atoms with Gasteiger partial charge in [-0.25, -0.2) is 4.99 Å². The number of likely N-dealkylation sites (tertiary alicyclic amines) is 1. The first kappa shape index (κ1) is 21.4. The summed E-state index contributed by atoms with van der Waals surface area (Å²) in [7, 11) is 1.70. The molecule has 1 atom stereocenters. The molecule has 0 aromatic heterocycles. The Labute approximate surface area is 173 Å². The predicted molar refractivity (Wildman–Crippen MR) is 118 cm³/mol. The summed E-state index contributed by atoms with van der Waals surface area (Å²) < 4.78 is 16.8. The number of guanidine groups is 1. The molecule has 6 heteroatoms. The van der Waals surface area contributed by atoms with Crippen LogP contribution in [0.15, 0.2) is 47.5 Å². The number of nitrogens with zero attached hydrogens (tertiary/aromatic N) is 2. The van der Waals surface area contributed by atoms with E-state index in [9.17, 15) is 0 Å². The highest BCUT2D eigenvalue weighted by molar-refractivity contribution is 5.88. The topological polar surface area (TPSA) is 55.3 Å². The number of nitrogens with one attached hydrogen (secondary N) is 1. The van der Waals surface area contributed by atoms with E-state index in [1.807, 2.05) is 24.3 Å². The van der Waals surface area contributed by atoms with Gasteiger partial charge in [0, 0.05) is 38.0 Å². The number of ether oxygens (including phenoxy) is 3. The molecule has 6 nitrogen and oxygen atoms in total. The third-order valence-corrected chi connectivity index (χ3v) is 5.07. The van der Waals surface area contributed by atoms with Gasteiger partial charge in [0.1, 0.15) is 12.4 Å². The Morgan fingerprint density at radius 1 is 1.14 bits per heavy atom. The third kappa shape index (κ3) is 6.34. The van der Waals surface area contributed by atoms with Gasteiger partial charge in [-0.1, -0.05) is 36.4 Å². The molecular formula is C23H33N3O3. The zero-order chi connectivity index (χ0) is 20.3. The van der Waals surface area contributed by atoms with E-state index in [0.717, 1.165) is 49.8 Å².